The summed E-state index contributed by atoms with van der Waals surface area (Å²) in [5.74, 6) is -0.377. The third kappa shape index (κ3) is 5.41. The van der Waals surface area contributed by atoms with Crippen molar-refractivity contribution in [3.63, 3.8) is 0 Å². The van der Waals surface area contributed by atoms with Crippen molar-refractivity contribution >= 4 is 11.6 Å². The lowest BCUT2D eigenvalue weighted by Crippen LogP contribution is -2.45. The monoisotopic (exact) mass is 348 g/mol. The Labute approximate surface area is 139 Å². The summed E-state index contributed by atoms with van der Waals surface area (Å²) in [5.41, 5.74) is 1.88. The Hall–Kier alpha value is -1.24. The first-order valence-electron chi connectivity index (χ1n) is 7.40. The zero-order valence-electron chi connectivity index (χ0n) is 12.9. The minimum Gasteiger partial charge on any atom is -0.404 e. The molecule has 23 heavy (non-hydrogen) atoms. The molecule has 0 amide bonds. The van der Waals surface area contributed by atoms with Crippen LogP contribution in [0.3, 0.4) is 0 Å². The first kappa shape index (κ1) is 18.1. The summed E-state index contributed by atoms with van der Waals surface area (Å²) < 4.78 is 40.9. The lowest BCUT2D eigenvalue weighted by atomic mass is 9.98. The van der Waals surface area contributed by atoms with Gasteiger partial charge < -0.3 is 10.1 Å². The summed E-state index contributed by atoms with van der Waals surface area (Å²) in [6, 6.07) is 4.52. The van der Waals surface area contributed by atoms with Crippen LogP contribution in [0.15, 0.2) is 30.4 Å². The Morgan fingerprint density at radius 1 is 1.39 bits per heavy atom. The Kier molecular flexibility index (Phi) is 5.95. The topological polar surface area (TPSA) is 24.5 Å². The molecule has 0 radical (unpaired) electrons. The van der Waals surface area contributed by atoms with E-state index in [1.54, 1.807) is 12.1 Å². The van der Waals surface area contributed by atoms with Gasteiger partial charge in [0.05, 0.1) is 5.02 Å². The number of hydrogen-bond acceptors (Lipinski definition) is 3. The second-order valence-electron chi connectivity index (χ2n) is 5.70. The lowest BCUT2D eigenvalue weighted by molar-refractivity contribution is -0.274. The fraction of sp³-hybridized carbons (Fsp3) is 0.500. The number of nitrogens with zero attached hydrogens (tertiary/aromatic N) is 1. The molecule has 2 rings (SSSR count). The number of hydrogen-bond donors (Lipinski definition) is 1. The van der Waals surface area contributed by atoms with E-state index in [0.29, 0.717) is 0 Å². The molecule has 1 aliphatic heterocycles. The molecule has 0 spiro atoms. The molecule has 0 aliphatic carbocycles. The van der Waals surface area contributed by atoms with Crippen LogP contribution in [0.2, 0.25) is 5.02 Å². The normalized spacial score (nSPS) is 17.8. The predicted molar refractivity (Wildman–Crippen MR) is 84.7 cm³/mol. The number of halogens is 4. The van der Waals surface area contributed by atoms with E-state index in [1.165, 1.54) is 6.07 Å². The second kappa shape index (κ2) is 7.55. The molecule has 1 saturated heterocycles. The van der Waals surface area contributed by atoms with Gasteiger partial charge in [-0.05, 0) is 31.0 Å². The van der Waals surface area contributed by atoms with E-state index in [9.17, 15) is 13.2 Å². The van der Waals surface area contributed by atoms with Gasteiger partial charge in [0, 0.05) is 32.2 Å². The van der Waals surface area contributed by atoms with E-state index in [1.807, 2.05) is 6.92 Å². The summed E-state index contributed by atoms with van der Waals surface area (Å²) >= 11 is 5.98. The van der Waals surface area contributed by atoms with Gasteiger partial charge in [-0.15, -0.1) is 19.8 Å². The molecule has 0 saturated carbocycles. The highest BCUT2D eigenvalue weighted by Gasteiger charge is 2.32. The van der Waals surface area contributed by atoms with Gasteiger partial charge in [-0.25, -0.2) is 0 Å². The number of nitrogens with one attached hydrogen (secondary N) is 1. The van der Waals surface area contributed by atoms with Crippen LogP contribution in [0.25, 0.3) is 0 Å². The van der Waals surface area contributed by atoms with Gasteiger partial charge in [0.15, 0.2) is 0 Å². The van der Waals surface area contributed by atoms with Crippen LogP contribution in [0.5, 0.6) is 5.75 Å². The third-order valence-corrected chi connectivity index (χ3v) is 4.00. The molecular formula is C16H20ClF3N2O. The van der Waals surface area contributed by atoms with E-state index >= 15 is 0 Å². The van der Waals surface area contributed by atoms with E-state index in [-0.39, 0.29) is 16.8 Å². The zero-order chi connectivity index (χ0) is 17.0. The highest BCUT2D eigenvalue weighted by Crippen LogP contribution is 2.35. The Balaban J connectivity index is 2.24. The molecule has 128 valence electrons. The Morgan fingerprint density at radius 3 is 2.57 bits per heavy atom. The van der Waals surface area contributed by atoms with Gasteiger partial charge >= 0.3 is 6.36 Å². The van der Waals surface area contributed by atoms with Crippen molar-refractivity contribution in [2.45, 2.75) is 25.7 Å². The number of ether oxygens (including phenoxy) is 1. The maximum atomic E-state index is 12.3. The summed E-state index contributed by atoms with van der Waals surface area (Å²) in [5, 5.41) is 3.25. The number of alkyl halides is 3. The highest BCUT2D eigenvalue weighted by atomic mass is 35.5. The fourth-order valence-electron chi connectivity index (χ4n) is 2.71. The van der Waals surface area contributed by atoms with Crippen LogP contribution in [-0.2, 0) is 0 Å². The third-order valence-electron chi connectivity index (χ3n) is 3.70. The maximum Gasteiger partial charge on any atom is 0.573 e. The predicted octanol–water partition coefficient (Wildman–Crippen LogP) is 4.15. The average molecular weight is 349 g/mol. The minimum absolute atomic E-state index is 0.0401. The van der Waals surface area contributed by atoms with Crippen molar-refractivity contribution in [2.75, 3.05) is 26.2 Å². The maximum absolute atomic E-state index is 12.3. The smallest absolute Gasteiger partial charge is 0.404 e. The molecule has 0 unspecified atom stereocenters. The van der Waals surface area contributed by atoms with Gasteiger partial charge in [-0.3, -0.25) is 4.90 Å². The number of piperazine rings is 1. The van der Waals surface area contributed by atoms with E-state index in [0.717, 1.165) is 43.7 Å². The molecule has 0 aromatic heterocycles. The number of rotatable bonds is 5. The first-order valence-corrected chi connectivity index (χ1v) is 7.78. The molecular weight excluding hydrogens is 329 g/mol. The van der Waals surface area contributed by atoms with E-state index < -0.39 is 6.36 Å². The van der Waals surface area contributed by atoms with Gasteiger partial charge in [-0.1, -0.05) is 23.2 Å². The van der Waals surface area contributed by atoms with E-state index in [2.05, 4.69) is 21.5 Å². The molecule has 1 aromatic carbocycles. The molecule has 1 N–H and O–H groups in total. The molecule has 1 fully saturated rings. The summed E-state index contributed by atoms with van der Waals surface area (Å²) in [4.78, 5) is 2.29. The van der Waals surface area contributed by atoms with Gasteiger partial charge in [-0.2, -0.15) is 0 Å². The minimum atomic E-state index is -4.75. The van der Waals surface area contributed by atoms with Crippen LogP contribution >= 0.6 is 11.6 Å². The van der Waals surface area contributed by atoms with Crippen molar-refractivity contribution in [3.8, 4) is 5.75 Å². The molecule has 3 nitrogen and oxygen atoms in total. The Morgan fingerprint density at radius 2 is 2.04 bits per heavy atom. The van der Waals surface area contributed by atoms with Crippen molar-refractivity contribution in [3.05, 3.63) is 40.9 Å². The fourth-order valence-corrected chi connectivity index (χ4v) is 2.94. The summed E-state index contributed by atoms with van der Waals surface area (Å²) in [7, 11) is 0. The summed E-state index contributed by atoms with van der Waals surface area (Å²) in [6.07, 6.45) is -4.02. The standard InChI is InChI=1S/C16H20ClF3N2O/c1-11(2)9-14(22-7-5-21-6-8-22)12-3-4-15(13(17)10-12)23-16(18,19)20/h3-4,10,14,21H,1,5-9H2,2H3/t14-/m1/s1. The molecule has 1 aromatic rings. The van der Waals surface area contributed by atoms with Crippen LogP contribution in [0, 0.1) is 0 Å². The van der Waals surface area contributed by atoms with Crippen LogP contribution in [-0.4, -0.2) is 37.4 Å². The molecule has 1 atom stereocenters. The summed E-state index contributed by atoms with van der Waals surface area (Å²) in [6.45, 7) is 9.41. The second-order valence-corrected chi connectivity index (χ2v) is 6.11. The van der Waals surface area contributed by atoms with Gasteiger partial charge in [0.25, 0.3) is 0 Å². The number of benzene rings is 1. The zero-order valence-corrected chi connectivity index (χ0v) is 13.7. The molecule has 0 bridgehead atoms. The SMILES string of the molecule is C=C(C)C[C@H](c1ccc(OC(F)(F)F)c(Cl)c1)N1CCNCC1. The average Bonchev–Trinajstić information content (AvgIpc) is 2.46. The van der Waals surface area contributed by atoms with Gasteiger partial charge in [0.1, 0.15) is 5.75 Å². The van der Waals surface area contributed by atoms with Crippen molar-refractivity contribution in [1.82, 2.24) is 10.2 Å². The van der Waals surface area contributed by atoms with E-state index in [4.69, 9.17) is 11.6 Å². The van der Waals surface area contributed by atoms with Crippen molar-refractivity contribution in [2.24, 2.45) is 0 Å². The Bertz CT molecular complexity index is 557. The molecule has 1 heterocycles. The lowest BCUT2D eigenvalue weighted by Gasteiger charge is -2.35. The highest BCUT2D eigenvalue weighted by molar-refractivity contribution is 6.32. The van der Waals surface area contributed by atoms with Crippen LogP contribution in [0.4, 0.5) is 13.2 Å². The molecule has 1 aliphatic rings. The van der Waals surface area contributed by atoms with Crippen LogP contribution in [0.1, 0.15) is 24.9 Å². The van der Waals surface area contributed by atoms with Crippen LogP contribution < -0.4 is 10.1 Å². The molecule has 7 heteroatoms. The van der Waals surface area contributed by atoms with Gasteiger partial charge in [0.2, 0.25) is 0 Å². The quantitative estimate of drug-likeness (QED) is 0.809. The largest absolute Gasteiger partial charge is 0.573 e. The van der Waals surface area contributed by atoms with Crippen molar-refractivity contribution in [1.29, 1.82) is 0 Å². The van der Waals surface area contributed by atoms with Crippen molar-refractivity contribution < 1.29 is 17.9 Å². The first-order chi connectivity index (χ1) is 10.8.